The zero-order chi connectivity index (χ0) is 11.9. The molecule has 1 aliphatic heterocycles. The number of rotatable bonds is 5. The molecule has 3 heteroatoms. The molecule has 1 aromatic carbocycles. The second kappa shape index (κ2) is 7.17. The maximum absolute atomic E-state index is 5.90. The molecule has 1 saturated heterocycles. The van der Waals surface area contributed by atoms with Crippen molar-refractivity contribution < 1.29 is 9.47 Å². The third-order valence-corrected chi connectivity index (χ3v) is 5.42. The van der Waals surface area contributed by atoms with Crippen LogP contribution in [0.2, 0.25) is 5.32 Å². The van der Waals surface area contributed by atoms with Gasteiger partial charge in [-0.05, 0) is 0 Å². The molecule has 1 fully saturated rings. The van der Waals surface area contributed by atoms with Gasteiger partial charge < -0.3 is 0 Å². The molecule has 94 valence electrons. The third-order valence-electron chi connectivity index (χ3n) is 3.12. The summed E-state index contributed by atoms with van der Waals surface area (Å²) in [5, 5.41) is 1.17. The van der Waals surface area contributed by atoms with Crippen molar-refractivity contribution in [3.63, 3.8) is 0 Å². The van der Waals surface area contributed by atoms with Crippen LogP contribution in [0.5, 0.6) is 0 Å². The number of hydrogen-bond acceptors (Lipinski definition) is 2. The van der Waals surface area contributed by atoms with Gasteiger partial charge in [0.15, 0.2) is 0 Å². The first-order valence-electron chi connectivity index (χ1n) is 6.18. The molecule has 0 radical (unpaired) electrons. The Morgan fingerprint density at radius 1 is 1.35 bits per heavy atom. The average Bonchev–Trinajstić information content (AvgIpc) is 2.39. The van der Waals surface area contributed by atoms with Crippen LogP contribution in [-0.4, -0.2) is 41.4 Å². The predicted molar refractivity (Wildman–Crippen MR) is 71.0 cm³/mol. The van der Waals surface area contributed by atoms with Gasteiger partial charge in [-0.15, -0.1) is 0 Å². The molecule has 0 amide bonds. The second-order valence-electron chi connectivity index (χ2n) is 4.39. The van der Waals surface area contributed by atoms with Crippen LogP contribution in [0.4, 0.5) is 0 Å². The fourth-order valence-corrected chi connectivity index (χ4v) is 4.44. The summed E-state index contributed by atoms with van der Waals surface area (Å²) in [6.45, 7) is 1.77. The van der Waals surface area contributed by atoms with Crippen molar-refractivity contribution in [1.82, 2.24) is 0 Å². The van der Waals surface area contributed by atoms with E-state index in [1.165, 1.54) is 22.6 Å². The van der Waals surface area contributed by atoms with Crippen molar-refractivity contribution >= 4 is 19.4 Å². The van der Waals surface area contributed by atoms with Crippen molar-refractivity contribution in [2.45, 2.75) is 24.3 Å². The molecule has 1 heterocycles. The standard InChI is InChI=1S/C14H20O2Se/c1-15-10-12-6-5-9-16-14(12)11-17-13-7-3-2-4-8-13/h2-4,7-8,12,14H,5-6,9-11H2,1H3/t12-,14+/m0/s1. The minimum absolute atomic E-state index is 0.406. The fourth-order valence-electron chi connectivity index (χ4n) is 2.19. The summed E-state index contributed by atoms with van der Waals surface area (Å²) in [6, 6.07) is 10.7. The molecule has 0 aromatic heterocycles. The van der Waals surface area contributed by atoms with Crippen LogP contribution >= 0.6 is 0 Å². The molecule has 0 aliphatic carbocycles. The van der Waals surface area contributed by atoms with Gasteiger partial charge in [0, 0.05) is 0 Å². The summed E-state index contributed by atoms with van der Waals surface area (Å²) in [6.07, 6.45) is 2.84. The van der Waals surface area contributed by atoms with Crippen molar-refractivity contribution in [3.8, 4) is 0 Å². The molecule has 0 N–H and O–H groups in total. The number of benzene rings is 1. The number of methoxy groups -OCH3 is 1. The molecule has 17 heavy (non-hydrogen) atoms. The molecule has 2 atom stereocenters. The molecular formula is C14H20O2Se. The molecule has 0 unspecified atom stereocenters. The zero-order valence-electron chi connectivity index (χ0n) is 10.3. The van der Waals surface area contributed by atoms with E-state index in [0.717, 1.165) is 13.2 Å². The molecular weight excluding hydrogens is 279 g/mol. The minimum atomic E-state index is 0.406. The van der Waals surface area contributed by atoms with E-state index in [1.54, 1.807) is 7.11 Å². The van der Waals surface area contributed by atoms with Crippen LogP contribution in [-0.2, 0) is 9.47 Å². The molecule has 2 rings (SSSR count). The van der Waals surface area contributed by atoms with E-state index in [9.17, 15) is 0 Å². The Kier molecular flexibility index (Phi) is 5.53. The molecule has 0 spiro atoms. The van der Waals surface area contributed by atoms with Crippen LogP contribution in [0.1, 0.15) is 12.8 Å². The summed E-state index contributed by atoms with van der Waals surface area (Å²) < 4.78 is 12.7. The van der Waals surface area contributed by atoms with Crippen molar-refractivity contribution in [3.05, 3.63) is 30.3 Å². The Hall–Kier alpha value is -0.341. The van der Waals surface area contributed by atoms with Crippen molar-refractivity contribution in [2.75, 3.05) is 20.3 Å². The first-order chi connectivity index (χ1) is 8.40. The Balaban J connectivity index is 1.84. The van der Waals surface area contributed by atoms with Crippen molar-refractivity contribution in [1.29, 1.82) is 0 Å². The topological polar surface area (TPSA) is 18.5 Å². The quantitative estimate of drug-likeness (QED) is 0.773. The van der Waals surface area contributed by atoms with Gasteiger partial charge in [0.1, 0.15) is 0 Å². The maximum atomic E-state index is 5.90. The molecule has 1 aliphatic rings. The third kappa shape index (κ3) is 4.11. The molecule has 0 bridgehead atoms. The van der Waals surface area contributed by atoms with Gasteiger partial charge in [-0.1, -0.05) is 0 Å². The number of hydrogen-bond donors (Lipinski definition) is 0. The summed E-state index contributed by atoms with van der Waals surface area (Å²) >= 11 is 0.523. The average molecular weight is 299 g/mol. The first kappa shape index (κ1) is 13.1. The summed E-state index contributed by atoms with van der Waals surface area (Å²) in [5.41, 5.74) is 0. The zero-order valence-corrected chi connectivity index (χ0v) is 12.0. The van der Waals surface area contributed by atoms with E-state index in [4.69, 9.17) is 9.47 Å². The van der Waals surface area contributed by atoms with E-state index in [0.29, 0.717) is 27.0 Å². The van der Waals surface area contributed by atoms with Gasteiger partial charge in [-0.25, -0.2) is 0 Å². The monoisotopic (exact) mass is 300 g/mol. The summed E-state index contributed by atoms with van der Waals surface area (Å²) in [7, 11) is 1.79. The summed E-state index contributed by atoms with van der Waals surface area (Å²) in [5.74, 6) is 0.597. The van der Waals surface area contributed by atoms with E-state index < -0.39 is 0 Å². The molecule has 2 nitrogen and oxygen atoms in total. The SMILES string of the molecule is COC[C@@H]1CCCO[C@@H]1C[Se]c1ccccc1. The Labute approximate surface area is 110 Å². The van der Waals surface area contributed by atoms with E-state index in [1.807, 2.05) is 0 Å². The number of ether oxygens (including phenoxy) is 2. The Bertz CT molecular complexity index is 313. The van der Waals surface area contributed by atoms with Gasteiger partial charge in [0.25, 0.3) is 0 Å². The fraction of sp³-hybridized carbons (Fsp3) is 0.571. The first-order valence-corrected chi connectivity index (χ1v) is 8.25. The normalized spacial score (nSPS) is 24.8. The van der Waals surface area contributed by atoms with Crippen LogP contribution < -0.4 is 4.46 Å². The van der Waals surface area contributed by atoms with Gasteiger partial charge >= 0.3 is 110 Å². The van der Waals surface area contributed by atoms with Crippen LogP contribution in [0.15, 0.2) is 30.3 Å². The molecule has 1 aromatic rings. The van der Waals surface area contributed by atoms with Gasteiger partial charge in [-0.2, -0.15) is 0 Å². The van der Waals surface area contributed by atoms with Crippen LogP contribution in [0.25, 0.3) is 0 Å². The van der Waals surface area contributed by atoms with E-state index in [2.05, 4.69) is 30.3 Å². The van der Waals surface area contributed by atoms with Crippen LogP contribution in [0.3, 0.4) is 0 Å². The Morgan fingerprint density at radius 2 is 2.18 bits per heavy atom. The molecule has 0 saturated carbocycles. The predicted octanol–water partition coefficient (Wildman–Crippen LogP) is 1.88. The van der Waals surface area contributed by atoms with E-state index >= 15 is 0 Å². The second-order valence-corrected chi connectivity index (χ2v) is 6.69. The van der Waals surface area contributed by atoms with Crippen molar-refractivity contribution in [2.24, 2.45) is 5.92 Å². The van der Waals surface area contributed by atoms with Gasteiger partial charge in [-0.3, -0.25) is 0 Å². The van der Waals surface area contributed by atoms with E-state index in [-0.39, 0.29) is 0 Å². The van der Waals surface area contributed by atoms with Crippen LogP contribution in [0, 0.1) is 5.92 Å². The van der Waals surface area contributed by atoms with Gasteiger partial charge in [0.05, 0.1) is 0 Å². The van der Waals surface area contributed by atoms with Gasteiger partial charge in [0.2, 0.25) is 0 Å². The Morgan fingerprint density at radius 3 is 2.94 bits per heavy atom. The summed E-state index contributed by atoms with van der Waals surface area (Å²) in [4.78, 5) is 0.